The summed E-state index contributed by atoms with van der Waals surface area (Å²) in [4.78, 5) is 38.5. The number of hydrogen-bond acceptors (Lipinski definition) is 3. The molecule has 1 saturated heterocycles. The van der Waals surface area contributed by atoms with Gasteiger partial charge >= 0.3 is 6.18 Å². The van der Waals surface area contributed by atoms with Crippen LogP contribution in [0.5, 0.6) is 0 Å². The van der Waals surface area contributed by atoms with Crippen LogP contribution in [-0.4, -0.2) is 29.2 Å². The number of carbonyl (C=O) groups is 3. The van der Waals surface area contributed by atoms with Crippen LogP contribution in [0.4, 0.5) is 18.9 Å². The topological polar surface area (TPSA) is 66.5 Å². The zero-order chi connectivity index (χ0) is 20.2. The Morgan fingerprint density at radius 2 is 1.75 bits per heavy atom. The van der Waals surface area contributed by atoms with Crippen molar-refractivity contribution in [3.8, 4) is 0 Å². The second-order valence-electron chi connectivity index (χ2n) is 7.70. The molecule has 2 saturated carbocycles. The van der Waals surface area contributed by atoms with E-state index in [9.17, 15) is 27.6 Å². The van der Waals surface area contributed by atoms with Crippen LogP contribution < -0.4 is 5.32 Å². The first kappa shape index (κ1) is 19.2. The van der Waals surface area contributed by atoms with Gasteiger partial charge in [-0.2, -0.15) is 13.2 Å². The fourth-order valence-electron chi connectivity index (χ4n) is 4.91. The van der Waals surface area contributed by atoms with Crippen molar-refractivity contribution < 1.29 is 27.6 Å². The molecule has 0 radical (unpaired) electrons. The van der Waals surface area contributed by atoms with Gasteiger partial charge in [-0.25, -0.2) is 0 Å². The number of anilines is 1. The first-order valence-electron chi connectivity index (χ1n) is 9.18. The summed E-state index contributed by atoms with van der Waals surface area (Å²) in [5.41, 5.74) is -1.09. The molecule has 1 aliphatic heterocycles. The number of imide groups is 1. The smallest absolute Gasteiger partial charge is 0.325 e. The number of likely N-dealkylation sites (tertiary alicyclic amines) is 1. The zero-order valence-electron chi connectivity index (χ0n) is 14.8. The highest BCUT2D eigenvalue weighted by Gasteiger charge is 2.60. The number of benzene rings is 1. The van der Waals surface area contributed by atoms with Gasteiger partial charge < -0.3 is 5.32 Å². The van der Waals surface area contributed by atoms with Crippen LogP contribution in [0.2, 0.25) is 5.02 Å². The normalized spacial score (nSPS) is 28.8. The quantitative estimate of drug-likeness (QED) is 0.764. The van der Waals surface area contributed by atoms with Gasteiger partial charge in [0, 0.05) is 13.0 Å². The van der Waals surface area contributed by atoms with E-state index in [0.717, 1.165) is 42.4 Å². The molecule has 5 nitrogen and oxygen atoms in total. The molecule has 3 amide bonds. The zero-order valence-corrected chi connectivity index (χ0v) is 15.5. The van der Waals surface area contributed by atoms with Crippen molar-refractivity contribution in [2.75, 3.05) is 11.9 Å². The van der Waals surface area contributed by atoms with Crippen LogP contribution in [-0.2, 0) is 20.6 Å². The molecule has 4 atom stereocenters. The molecule has 3 aliphatic rings. The van der Waals surface area contributed by atoms with Crippen LogP contribution in [0, 0.1) is 23.7 Å². The van der Waals surface area contributed by atoms with E-state index in [0.29, 0.717) is 0 Å². The van der Waals surface area contributed by atoms with Crippen LogP contribution >= 0.6 is 11.6 Å². The van der Waals surface area contributed by atoms with Gasteiger partial charge in [0.05, 0.1) is 28.1 Å². The lowest BCUT2D eigenvalue weighted by Crippen LogP contribution is -2.35. The minimum atomic E-state index is -4.56. The fourth-order valence-corrected chi connectivity index (χ4v) is 5.08. The molecule has 1 aromatic carbocycles. The average Bonchev–Trinajstić information content (AvgIpc) is 3.29. The molecular weight excluding hydrogens is 397 g/mol. The summed E-state index contributed by atoms with van der Waals surface area (Å²) in [6.45, 7) is -0.0769. The lowest BCUT2D eigenvalue weighted by Gasteiger charge is -2.19. The summed E-state index contributed by atoms with van der Waals surface area (Å²) in [5.74, 6) is -1.04. The Kier molecular flexibility index (Phi) is 4.64. The molecule has 1 N–H and O–H groups in total. The number of carbonyl (C=O) groups excluding carboxylic acids is 3. The van der Waals surface area contributed by atoms with Gasteiger partial charge in [-0.3, -0.25) is 19.3 Å². The van der Waals surface area contributed by atoms with Gasteiger partial charge in [0.25, 0.3) is 0 Å². The lowest BCUT2D eigenvalue weighted by atomic mass is 9.81. The Labute approximate surface area is 164 Å². The van der Waals surface area contributed by atoms with E-state index < -0.39 is 17.6 Å². The molecule has 1 aromatic rings. The third kappa shape index (κ3) is 3.17. The van der Waals surface area contributed by atoms with E-state index in [1.165, 1.54) is 0 Å². The number of nitrogens with zero attached hydrogens (tertiary/aromatic N) is 1. The Morgan fingerprint density at radius 1 is 1.14 bits per heavy atom. The molecule has 28 heavy (non-hydrogen) atoms. The second-order valence-corrected chi connectivity index (χ2v) is 8.11. The molecule has 0 unspecified atom stereocenters. The van der Waals surface area contributed by atoms with Gasteiger partial charge in [0.1, 0.15) is 0 Å². The maximum atomic E-state index is 12.8. The monoisotopic (exact) mass is 414 g/mol. The van der Waals surface area contributed by atoms with E-state index in [4.69, 9.17) is 11.6 Å². The van der Waals surface area contributed by atoms with Gasteiger partial charge in [-0.15, -0.1) is 0 Å². The number of amides is 3. The van der Waals surface area contributed by atoms with Crippen LogP contribution in [0.25, 0.3) is 0 Å². The van der Waals surface area contributed by atoms with Gasteiger partial charge in [0.15, 0.2) is 0 Å². The average molecular weight is 415 g/mol. The maximum absolute atomic E-state index is 12.8. The first-order valence-corrected chi connectivity index (χ1v) is 9.56. The Morgan fingerprint density at radius 3 is 2.32 bits per heavy atom. The van der Waals surface area contributed by atoms with E-state index in [1.54, 1.807) is 0 Å². The SMILES string of the molecule is O=C(CCN1C(=O)[C@@H]2[C@@H]3CC[C@H](C3)[C@@H]2C1=O)Nc1cc(C(F)(F)F)ccc1Cl. The summed E-state index contributed by atoms with van der Waals surface area (Å²) in [6, 6.07) is 2.64. The molecule has 0 spiro atoms. The lowest BCUT2D eigenvalue weighted by molar-refractivity contribution is -0.141. The highest BCUT2D eigenvalue weighted by Crippen LogP contribution is 2.56. The number of nitrogens with one attached hydrogen (secondary N) is 1. The van der Waals surface area contributed by atoms with Gasteiger partial charge in [0.2, 0.25) is 17.7 Å². The van der Waals surface area contributed by atoms with Crippen molar-refractivity contribution in [2.45, 2.75) is 31.9 Å². The molecule has 2 aliphatic carbocycles. The number of fused-ring (bicyclic) bond motifs is 5. The van der Waals surface area contributed by atoms with Crippen LogP contribution in [0.3, 0.4) is 0 Å². The van der Waals surface area contributed by atoms with Crippen molar-refractivity contribution in [3.05, 3.63) is 28.8 Å². The minimum absolute atomic E-state index is 0.0271. The second kappa shape index (κ2) is 6.76. The van der Waals surface area contributed by atoms with Crippen molar-refractivity contribution >= 4 is 35.0 Å². The van der Waals surface area contributed by atoms with Crippen molar-refractivity contribution in [1.82, 2.24) is 4.90 Å². The fraction of sp³-hybridized carbons (Fsp3) is 0.526. The predicted octanol–water partition coefficient (Wildman–Crippen LogP) is 3.72. The van der Waals surface area contributed by atoms with Crippen molar-refractivity contribution in [2.24, 2.45) is 23.7 Å². The Hall–Kier alpha value is -2.09. The molecule has 4 rings (SSSR count). The summed E-state index contributed by atoms with van der Waals surface area (Å²) < 4.78 is 38.5. The Bertz CT molecular complexity index is 829. The summed E-state index contributed by atoms with van der Waals surface area (Å²) in [5, 5.41) is 2.31. The van der Waals surface area contributed by atoms with Crippen LogP contribution in [0.15, 0.2) is 18.2 Å². The van der Waals surface area contributed by atoms with Gasteiger partial charge in [-0.1, -0.05) is 11.6 Å². The first-order chi connectivity index (χ1) is 13.2. The highest BCUT2D eigenvalue weighted by atomic mass is 35.5. The third-order valence-corrected chi connectivity index (χ3v) is 6.48. The molecule has 150 valence electrons. The van der Waals surface area contributed by atoms with Crippen molar-refractivity contribution in [1.29, 1.82) is 0 Å². The molecule has 2 bridgehead atoms. The highest BCUT2D eigenvalue weighted by molar-refractivity contribution is 6.33. The number of rotatable bonds is 4. The number of hydrogen-bond donors (Lipinski definition) is 1. The molecular formula is C19H18ClF3N2O3. The standard InChI is InChI=1S/C19H18ClF3N2O3/c20-12-4-3-11(19(21,22)23)8-13(12)24-14(26)5-6-25-17(27)15-9-1-2-10(7-9)16(15)18(25)28/h3-4,8-10,15-16H,1-2,5-7H2,(H,24,26)/t9-,10-,15-,16+/m1/s1. The van der Waals surface area contributed by atoms with E-state index in [-0.39, 0.29) is 59.2 Å². The van der Waals surface area contributed by atoms with E-state index in [1.807, 2.05) is 0 Å². The molecule has 0 aromatic heterocycles. The van der Waals surface area contributed by atoms with Crippen LogP contribution in [0.1, 0.15) is 31.2 Å². The minimum Gasteiger partial charge on any atom is -0.325 e. The van der Waals surface area contributed by atoms with Crippen molar-refractivity contribution in [3.63, 3.8) is 0 Å². The van der Waals surface area contributed by atoms with E-state index in [2.05, 4.69) is 5.32 Å². The number of halogens is 4. The maximum Gasteiger partial charge on any atom is 0.416 e. The van der Waals surface area contributed by atoms with Gasteiger partial charge in [-0.05, 0) is 49.3 Å². The summed E-state index contributed by atoms with van der Waals surface area (Å²) in [6.07, 6.45) is -1.90. The molecule has 3 fully saturated rings. The van der Waals surface area contributed by atoms with E-state index >= 15 is 0 Å². The third-order valence-electron chi connectivity index (χ3n) is 6.15. The summed E-state index contributed by atoms with van der Waals surface area (Å²) in [7, 11) is 0. The predicted molar refractivity (Wildman–Crippen MR) is 94.2 cm³/mol. The molecule has 1 heterocycles. The molecule has 9 heteroatoms. The summed E-state index contributed by atoms with van der Waals surface area (Å²) >= 11 is 5.87. The number of alkyl halides is 3. The largest absolute Gasteiger partial charge is 0.416 e. The Balaban J connectivity index is 1.39.